The molecular formula is C18H28N2. The first kappa shape index (κ1) is 13.9. The average Bonchev–Trinajstić information content (AvgIpc) is 3.31. The summed E-state index contributed by atoms with van der Waals surface area (Å²) in [5.41, 5.74) is 2.85. The third kappa shape index (κ3) is 3.54. The van der Waals surface area contributed by atoms with Gasteiger partial charge in [-0.2, -0.15) is 0 Å². The number of hydrogen-bond acceptors (Lipinski definition) is 2. The van der Waals surface area contributed by atoms with E-state index in [1.54, 1.807) is 0 Å². The van der Waals surface area contributed by atoms with Gasteiger partial charge < -0.3 is 10.2 Å². The molecule has 1 aliphatic heterocycles. The second-order valence-corrected chi connectivity index (χ2v) is 6.45. The van der Waals surface area contributed by atoms with E-state index >= 15 is 0 Å². The number of anilines is 1. The largest absolute Gasteiger partial charge is 0.369 e. The molecule has 1 heterocycles. The van der Waals surface area contributed by atoms with Gasteiger partial charge in [0.15, 0.2) is 0 Å². The van der Waals surface area contributed by atoms with E-state index in [1.807, 2.05) is 0 Å². The highest BCUT2D eigenvalue weighted by atomic mass is 15.2. The minimum absolute atomic E-state index is 0.768. The Hall–Kier alpha value is -1.02. The molecule has 1 aromatic carbocycles. The third-order valence-corrected chi connectivity index (χ3v) is 4.69. The van der Waals surface area contributed by atoms with Crippen LogP contribution in [0.5, 0.6) is 0 Å². The number of piperidine rings is 1. The molecule has 0 aromatic heterocycles. The lowest BCUT2D eigenvalue weighted by Gasteiger charge is -2.37. The summed E-state index contributed by atoms with van der Waals surface area (Å²) >= 11 is 0. The molecule has 0 bridgehead atoms. The van der Waals surface area contributed by atoms with Crippen LogP contribution in [0, 0.1) is 0 Å². The molecule has 0 spiro atoms. The lowest BCUT2D eigenvalue weighted by molar-refractivity contribution is 0.435. The SMILES string of the molecule is CCCC1CCCCN1c1ccc(CNC2CC2)cc1. The van der Waals surface area contributed by atoms with Crippen LogP contribution in [0.2, 0.25) is 0 Å². The monoisotopic (exact) mass is 272 g/mol. The van der Waals surface area contributed by atoms with Crippen molar-refractivity contribution < 1.29 is 0 Å². The van der Waals surface area contributed by atoms with Crippen molar-refractivity contribution in [3.63, 3.8) is 0 Å². The quantitative estimate of drug-likeness (QED) is 0.839. The molecule has 20 heavy (non-hydrogen) atoms. The lowest BCUT2D eigenvalue weighted by atomic mass is 9.97. The number of hydrogen-bond donors (Lipinski definition) is 1. The highest BCUT2D eigenvalue weighted by Gasteiger charge is 2.22. The number of rotatable bonds is 6. The molecule has 2 aliphatic rings. The maximum absolute atomic E-state index is 3.59. The van der Waals surface area contributed by atoms with Crippen LogP contribution in [-0.2, 0) is 6.54 Å². The number of nitrogens with zero attached hydrogens (tertiary/aromatic N) is 1. The van der Waals surface area contributed by atoms with Gasteiger partial charge in [0, 0.05) is 30.9 Å². The van der Waals surface area contributed by atoms with E-state index in [0.717, 1.165) is 18.6 Å². The lowest BCUT2D eigenvalue weighted by Crippen LogP contribution is -2.39. The van der Waals surface area contributed by atoms with Crippen molar-refractivity contribution in [1.29, 1.82) is 0 Å². The second kappa shape index (κ2) is 6.62. The van der Waals surface area contributed by atoms with Gasteiger partial charge in [0.05, 0.1) is 0 Å². The van der Waals surface area contributed by atoms with E-state index in [9.17, 15) is 0 Å². The molecule has 1 unspecified atom stereocenters. The van der Waals surface area contributed by atoms with Crippen LogP contribution < -0.4 is 10.2 Å². The van der Waals surface area contributed by atoms with Gasteiger partial charge in [-0.3, -0.25) is 0 Å². The summed E-state index contributed by atoms with van der Waals surface area (Å²) in [6.45, 7) is 4.58. The maximum atomic E-state index is 3.59. The van der Waals surface area contributed by atoms with Gasteiger partial charge >= 0.3 is 0 Å². The molecule has 1 aromatic rings. The van der Waals surface area contributed by atoms with Crippen molar-refractivity contribution in [2.24, 2.45) is 0 Å². The van der Waals surface area contributed by atoms with E-state index in [1.165, 1.54) is 62.7 Å². The summed E-state index contributed by atoms with van der Waals surface area (Å²) in [7, 11) is 0. The predicted molar refractivity (Wildman–Crippen MR) is 86.2 cm³/mol. The Balaban J connectivity index is 1.62. The summed E-state index contributed by atoms with van der Waals surface area (Å²) in [5.74, 6) is 0. The van der Waals surface area contributed by atoms with Crippen LogP contribution >= 0.6 is 0 Å². The molecule has 1 saturated heterocycles. The van der Waals surface area contributed by atoms with E-state index < -0.39 is 0 Å². The molecule has 3 rings (SSSR count). The Morgan fingerprint density at radius 1 is 1.10 bits per heavy atom. The Morgan fingerprint density at radius 3 is 2.60 bits per heavy atom. The first-order valence-electron chi connectivity index (χ1n) is 8.46. The van der Waals surface area contributed by atoms with Crippen molar-refractivity contribution in [1.82, 2.24) is 5.32 Å². The van der Waals surface area contributed by atoms with Gasteiger partial charge in [-0.05, 0) is 56.2 Å². The van der Waals surface area contributed by atoms with Crippen LogP contribution in [0.25, 0.3) is 0 Å². The molecule has 0 amide bonds. The molecule has 2 nitrogen and oxygen atoms in total. The summed E-state index contributed by atoms with van der Waals surface area (Å²) in [4.78, 5) is 2.64. The Kier molecular flexibility index (Phi) is 4.62. The zero-order valence-electron chi connectivity index (χ0n) is 12.8. The van der Waals surface area contributed by atoms with Crippen LogP contribution in [0.1, 0.15) is 57.4 Å². The fraction of sp³-hybridized carbons (Fsp3) is 0.667. The first-order valence-corrected chi connectivity index (χ1v) is 8.46. The molecule has 1 atom stereocenters. The average molecular weight is 272 g/mol. The van der Waals surface area contributed by atoms with Crippen LogP contribution in [0.4, 0.5) is 5.69 Å². The topological polar surface area (TPSA) is 15.3 Å². The summed E-state index contributed by atoms with van der Waals surface area (Å²) in [6, 6.07) is 10.8. The standard InChI is InChI=1S/C18H28N2/c1-2-5-17-6-3-4-13-20(17)18-11-7-15(8-12-18)14-19-16-9-10-16/h7-8,11-12,16-17,19H,2-6,9-10,13-14H2,1H3. The Bertz CT molecular complexity index is 406. The minimum Gasteiger partial charge on any atom is -0.369 e. The van der Waals surface area contributed by atoms with Crippen LogP contribution in [0.3, 0.4) is 0 Å². The summed E-state index contributed by atoms with van der Waals surface area (Å²) in [5, 5.41) is 3.59. The normalized spacial score (nSPS) is 23.1. The van der Waals surface area contributed by atoms with E-state index in [-0.39, 0.29) is 0 Å². The van der Waals surface area contributed by atoms with E-state index in [0.29, 0.717) is 0 Å². The van der Waals surface area contributed by atoms with Crippen molar-refractivity contribution in [3.8, 4) is 0 Å². The Morgan fingerprint density at radius 2 is 1.90 bits per heavy atom. The minimum atomic E-state index is 0.768. The van der Waals surface area contributed by atoms with Crippen molar-refractivity contribution in [2.45, 2.75) is 70.5 Å². The molecule has 2 heteroatoms. The number of nitrogens with one attached hydrogen (secondary N) is 1. The van der Waals surface area contributed by atoms with Crippen molar-refractivity contribution in [3.05, 3.63) is 29.8 Å². The molecule has 2 fully saturated rings. The second-order valence-electron chi connectivity index (χ2n) is 6.45. The van der Waals surface area contributed by atoms with Gasteiger partial charge in [-0.15, -0.1) is 0 Å². The smallest absolute Gasteiger partial charge is 0.0368 e. The highest BCUT2D eigenvalue weighted by Crippen LogP contribution is 2.27. The first-order chi connectivity index (χ1) is 9.86. The maximum Gasteiger partial charge on any atom is 0.0368 e. The fourth-order valence-electron chi connectivity index (χ4n) is 3.33. The molecule has 1 N–H and O–H groups in total. The fourth-order valence-corrected chi connectivity index (χ4v) is 3.33. The number of benzene rings is 1. The van der Waals surface area contributed by atoms with Gasteiger partial charge in [0.2, 0.25) is 0 Å². The van der Waals surface area contributed by atoms with Crippen molar-refractivity contribution >= 4 is 5.69 Å². The molecule has 1 saturated carbocycles. The van der Waals surface area contributed by atoms with E-state index in [2.05, 4.69) is 41.4 Å². The summed E-state index contributed by atoms with van der Waals surface area (Å²) < 4.78 is 0. The zero-order chi connectivity index (χ0) is 13.8. The van der Waals surface area contributed by atoms with E-state index in [4.69, 9.17) is 0 Å². The Labute approximate surface area is 123 Å². The van der Waals surface area contributed by atoms with Crippen LogP contribution in [0.15, 0.2) is 24.3 Å². The third-order valence-electron chi connectivity index (χ3n) is 4.69. The van der Waals surface area contributed by atoms with Gasteiger partial charge in [-0.25, -0.2) is 0 Å². The molecule has 0 radical (unpaired) electrons. The summed E-state index contributed by atoms with van der Waals surface area (Å²) in [6.07, 6.45) is 9.50. The molecule has 110 valence electrons. The van der Waals surface area contributed by atoms with Gasteiger partial charge in [0.25, 0.3) is 0 Å². The molecular weight excluding hydrogens is 244 g/mol. The predicted octanol–water partition coefficient (Wildman–Crippen LogP) is 4.10. The highest BCUT2D eigenvalue weighted by molar-refractivity contribution is 5.49. The van der Waals surface area contributed by atoms with Gasteiger partial charge in [0.1, 0.15) is 0 Å². The molecule has 1 aliphatic carbocycles. The van der Waals surface area contributed by atoms with Crippen molar-refractivity contribution in [2.75, 3.05) is 11.4 Å². The van der Waals surface area contributed by atoms with Crippen LogP contribution in [-0.4, -0.2) is 18.6 Å². The van der Waals surface area contributed by atoms with Gasteiger partial charge in [-0.1, -0.05) is 25.5 Å². The zero-order valence-corrected chi connectivity index (χ0v) is 12.8.